The van der Waals surface area contributed by atoms with E-state index in [0.29, 0.717) is 55.7 Å². The molecule has 22 heteroatoms. The van der Waals surface area contributed by atoms with Crippen LogP contribution in [0.25, 0.3) is 56.5 Å². The number of nitrogens with one attached hydrogen (secondary N) is 1. The SMILES string of the molecule is CN(C)S(=O)(=O)NC(=O)c1ccc2c(C3CCCCC3)c3n(c2c1)CC(C(=O)N1CCN(S(C)(=O)=O)CC1)=Cc1ccccc1-3.CS(=O)(=O)N1CCN(C(=O)C2=Cc3ccccc3-c3c(C4CCCCC4)c4ccc(C(=O)O)cc4n3C2)CC1. The lowest BCUT2D eigenvalue weighted by Gasteiger charge is -2.33. The normalized spacial score (nSPS) is 18.5. The van der Waals surface area contributed by atoms with Crippen molar-refractivity contribution < 1.29 is 49.5 Å². The summed E-state index contributed by atoms with van der Waals surface area (Å²) < 4.78 is 83.1. The molecule has 6 heterocycles. The molecule has 2 N–H and O–H groups in total. The van der Waals surface area contributed by atoms with Crippen LogP contribution in [0.3, 0.4) is 0 Å². The average molecular weight is 1200 g/mol. The fraction of sp³-hybridized carbons (Fsp3) is 0.419. The number of nitrogens with zero attached hydrogens (tertiary/aromatic N) is 7. The Kier molecular flexibility index (Phi) is 16.4. The number of aromatic nitrogens is 2. The van der Waals surface area contributed by atoms with E-state index in [4.69, 9.17) is 0 Å². The molecule has 0 unspecified atom stereocenters. The van der Waals surface area contributed by atoms with Gasteiger partial charge in [0.05, 0.1) is 42.6 Å². The van der Waals surface area contributed by atoms with Crippen molar-refractivity contribution in [2.75, 3.05) is 79.0 Å². The molecule has 6 aromatic rings. The predicted molar refractivity (Wildman–Crippen MR) is 325 cm³/mol. The highest BCUT2D eigenvalue weighted by Crippen LogP contribution is 2.49. The number of rotatable bonds is 10. The zero-order chi connectivity index (χ0) is 59.4. The maximum absolute atomic E-state index is 14.1. The summed E-state index contributed by atoms with van der Waals surface area (Å²) in [6.45, 7) is 2.87. The molecule has 84 heavy (non-hydrogen) atoms. The Hall–Kier alpha value is -6.95. The number of carbonyl (C=O) groups excluding carboxylic acids is 3. The van der Waals surface area contributed by atoms with Crippen LogP contribution in [0.5, 0.6) is 0 Å². The molecular formula is C62H72N8O11S3. The van der Waals surface area contributed by atoms with Crippen molar-refractivity contribution >= 4 is 87.9 Å². The van der Waals surface area contributed by atoms with Gasteiger partial charge < -0.3 is 24.0 Å². The molecule has 6 aliphatic rings. The zero-order valence-corrected chi connectivity index (χ0v) is 50.4. The molecular weight excluding hydrogens is 1130 g/mol. The summed E-state index contributed by atoms with van der Waals surface area (Å²) in [6, 6.07) is 26.8. The van der Waals surface area contributed by atoms with Gasteiger partial charge in [-0.15, -0.1) is 0 Å². The summed E-state index contributed by atoms with van der Waals surface area (Å²) in [5, 5.41) is 11.8. The Morgan fingerprint density at radius 2 is 0.917 bits per heavy atom. The summed E-state index contributed by atoms with van der Waals surface area (Å²) >= 11 is 0. The standard InChI is InChI=1S/C32H39N5O6S2.C30H33N3O5S/c1-34(2)45(42,43)33-31(38)24-13-14-27-28(20-24)37-21-25(32(39)35-15-17-36(18-16-35)44(3,40)41)19-23-11-7-8-12-26(23)30(37)29(27)22-9-5-4-6-10-22;1-39(37,38)32-15-13-31(14-16-32)29(34)23-17-21-9-5-6-10-24(21)28-27(20-7-3-2-4-8-20)25-12-11-22(30(35)36)18-26(25)33(28)19-23/h7-8,11-14,19-20,22H,4-6,9-10,15-18,21H2,1-3H3,(H,33,38);5-6,9-12,17-18,20H,2-4,7-8,13-16,19H2,1H3,(H,35,36). The average Bonchev–Trinajstić information content (AvgIpc) is 1.89. The van der Waals surface area contributed by atoms with Crippen molar-refractivity contribution in [2.24, 2.45) is 0 Å². The Bertz CT molecular complexity index is 4040. The molecule has 0 spiro atoms. The third-order valence-electron chi connectivity index (χ3n) is 17.7. The lowest BCUT2D eigenvalue weighted by atomic mass is 9.81. The Balaban J connectivity index is 0.000000177. The van der Waals surface area contributed by atoms with Gasteiger partial charge in [0.2, 0.25) is 20.0 Å². The second-order valence-electron chi connectivity index (χ2n) is 23.3. The number of carbonyl (C=O) groups is 4. The van der Waals surface area contributed by atoms with E-state index in [1.807, 2.05) is 60.7 Å². The summed E-state index contributed by atoms with van der Waals surface area (Å²) in [6.07, 6.45) is 17.6. The maximum atomic E-state index is 14.1. The Morgan fingerprint density at radius 1 is 0.524 bits per heavy atom. The number of piperazine rings is 2. The summed E-state index contributed by atoms with van der Waals surface area (Å²) in [7, 11) is -7.93. The van der Waals surface area contributed by atoms with Gasteiger partial charge in [-0.1, -0.05) is 99.2 Å². The van der Waals surface area contributed by atoms with Gasteiger partial charge in [0, 0.05) is 116 Å². The van der Waals surface area contributed by atoms with Crippen LogP contribution in [0.1, 0.15) is 119 Å². The van der Waals surface area contributed by atoms with E-state index in [-0.39, 0.29) is 55.7 Å². The predicted octanol–water partition coefficient (Wildman–Crippen LogP) is 7.95. The first-order valence-electron chi connectivity index (χ1n) is 29.0. The van der Waals surface area contributed by atoms with Crippen LogP contribution in [-0.2, 0) is 52.9 Å². The minimum Gasteiger partial charge on any atom is -0.478 e. The molecule has 4 aromatic carbocycles. The second kappa shape index (κ2) is 23.5. The molecule has 0 bridgehead atoms. The minimum absolute atomic E-state index is 0.110. The van der Waals surface area contributed by atoms with Crippen LogP contribution in [0, 0.1) is 0 Å². The summed E-state index contributed by atoms with van der Waals surface area (Å²) in [4.78, 5) is 56.5. The van der Waals surface area contributed by atoms with Gasteiger partial charge >= 0.3 is 16.2 Å². The lowest BCUT2D eigenvalue weighted by Crippen LogP contribution is -2.50. The van der Waals surface area contributed by atoms with Crippen LogP contribution in [0.4, 0.5) is 0 Å². The molecule has 0 radical (unpaired) electrons. The van der Waals surface area contributed by atoms with E-state index in [2.05, 4.69) is 26.0 Å². The molecule has 2 saturated heterocycles. The number of benzene rings is 4. The van der Waals surface area contributed by atoms with Crippen molar-refractivity contribution in [1.29, 1.82) is 0 Å². The molecule has 19 nitrogen and oxygen atoms in total. The molecule has 12 rings (SSSR count). The number of sulfonamides is 2. The van der Waals surface area contributed by atoms with Gasteiger partial charge in [0.25, 0.3) is 17.7 Å². The highest BCUT2D eigenvalue weighted by atomic mass is 32.2. The van der Waals surface area contributed by atoms with Gasteiger partial charge in [0.15, 0.2) is 0 Å². The van der Waals surface area contributed by atoms with E-state index in [1.165, 1.54) is 72.0 Å². The highest BCUT2D eigenvalue weighted by Gasteiger charge is 2.36. The zero-order valence-electron chi connectivity index (χ0n) is 47.9. The monoisotopic (exact) mass is 1200 g/mol. The smallest absolute Gasteiger partial charge is 0.335 e. The van der Waals surface area contributed by atoms with Crippen molar-refractivity contribution in [2.45, 2.75) is 89.1 Å². The Labute approximate surface area is 491 Å². The first-order valence-corrected chi connectivity index (χ1v) is 34.1. The fourth-order valence-electron chi connectivity index (χ4n) is 13.4. The van der Waals surface area contributed by atoms with E-state index >= 15 is 0 Å². The van der Waals surface area contributed by atoms with Gasteiger partial charge in [-0.25, -0.2) is 26.4 Å². The first-order chi connectivity index (χ1) is 40.1. The summed E-state index contributed by atoms with van der Waals surface area (Å²) in [5.74, 6) is -1.29. The first kappa shape index (κ1) is 58.8. The van der Waals surface area contributed by atoms with Gasteiger partial charge in [0.1, 0.15) is 0 Å². The molecule has 2 aliphatic carbocycles. The minimum atomic E-state index is -3.99. The van der Waals surface area contributed by atoms with E-state index in [9.17, 15) is 49.5 Å². The quantitative estimate of drug-likeness (QED) is 0.134. The third kappa shape index (κ3) is 11.6. The van der Waals surface area contributed by atoms with Gasteiger partial charge in [-0.3, -0.25) is 14.4 Å². The topological polar surface area (TPSA) is 229 Å². The second-order valence-corrected chi connectivity index (χ2v) is 29.1. The fourth-order valence-corrected chi connectivity index (χ4v) is 15.6. The summed E-state index contributed by atoms with van der Waals surface area (Å²) in [5.41, 5.74) is 11.7. The number of fused-ring (bicyclic) bond motifs is 10. The number of amides is 3. The number of hydrogen-bond donors (Lipinski definition) is 2. The van der Waals surface area contributed by atoms with Crippen molar-refractivity contribution in [3.8, 4) is 22.5 Å². The number of carboxylic acids is 1. The molecule has 4 fully saturated rings. The van der Waals surface area contributed by atoms with E-state index < -0.39 is 42.1 Å². The van der Waals surface area contributed by atoms with E-state index in [0.717, 1.165) is 98.3 Å². The third-order valence-corrected chi connectivity index (χ3v) is 21.7. The van der Waals surface area contributed by atoms with Crippen LogP contribution in [0.15, 0.2) is 96.1 Å². The van der Waals surface area contributed by atoms with Crippen LogP contribution >= 0.6 is 0 Å². The van der Waals surface area contributed by atoms with Crippen LogP contribution in [-0.4, -0.2) is 165 Å². The van der Waals surface area contributed by atoms with Crippen molar-refractivity contribution in [3.05, 3.63) is 129 Å². The van der Waals surface area contributed by atoms with Crippen molar-refractivity contribution in [3.63, 3.8) is 0 Å². The lowest BCUT2D eigenvalue weighted by molar-refractivity contribution is -0.129. The van der Waals surface area contributed by atoms with Crippen LogP contribution in [0.2, 0.25) is 0 Å². The number of hydrogen-bond acceptors (Lipinski definition) is 10. The molecule has 3 amide bonds. The highest BCUT2D eigenvalue weighted by molar-refractivity contribution is 7.88. The van der Waals surface area contributed by atoms with E-state index in [1.54, 1.807) is 34.1 Å². The molecule has 2 aromatic heterocycles. The number of carboxylic acid groups (broad SMARTS) is 1. The number of aromatic carboxylic acids is 1. The van der Waals surface area contributed by atoms with Crippen LogP contribution < -0.4 is 4.72 Å². The van der Waals surface area contributed by atoms with Gasteiger partial charge in [-0.05, 0) is 96.2 Å². The van der Waals surface area contributed by atoms with Crippen molar-refractivity contribution in [1.82, 2.24) is 36.6 Å². The molecule has 4 aliphatic heterocycles. The van der Waals surface area contributed by atoms with Gasteiger partial charge in [-0.2, -0.15) is 21.3 Å². The molecule has 2 saturated carbocycles. The maximum Gasteiger partial charge on any atom is 0.335 e. The Morgan fingerprint density at radius 3 is 1.31 bits per heavy atom. The largest absolute Gasteiger partial charge is 0.478 e. The molecule has 444 valence electrons. The molecule has 0 atom stereocenters.